The number of likely N-dealkylation sites (N-methyl/N-ethyl adjacent to an activating group) is 1. The summed E-state index contributed by atoms with van der Waals surface area (Å²) in [7, 11) is 3.53. The van der Waals surface area contributed by atoms with Crippen molar-refractivity contribution in [3.8, 4) is 11.5 Å². The molecular formula is C17H18N4O3. The minimum Gasteiger partial charge on any atom is -0.493 e. The van der Waals surface area contributed by atoms with Gasteiger partial charge in [-0.3, -0.25) is 9.78 Å². The molecule has 124 valence electrons. The molecule has 0 fully saturated rings. The number of pyridine rings is 1. The minimum absolute atomic E-state index is 0.206. The number of aromatic amines is 1. The van der Waals surface area contributed by atoms with Gasteiger partial charge < -0.3 is 19.4 Å². The number of methoxy groups -OCH3 is 1. The smallest absolute Gasteiger partial charge is 0.258 e. The Labute approximate surface area is 138 Å². The summed E-state index contributed by atoms with van der Waals surface area (Å²) < 4.78 is 11.2. The molecule has 24 heavy (non-hydrogen) atoms. The first-order valence-electron chi connectivity index (χ1n) is 7.48. The molecular weight excluding hydrogens is 308 g/mol. The zero-order valence-electron chi connectivity index (χ0n) is 13.5. The lowest BCUT2D eigenvalue weighted by Crippen LogP contribution is -2.23. The van der Waals surface area contributed by atoms with Gasteiger partial charge in [0.05, 0.1) is 30.9 Å². The standard InChI is InChI=1S/C17H18N4O3/c1-21(12-3-5-18-6-4-12)7-8-24-16-10-14-13(9-15(16)23-2)17(22)20-11-19-14/h3-6,9-11H,7-8H2,1-2H3,(H,19,20,22). The number of ether oxygens (including phenoxy) is 2. The van der Waals surface area contributed by atoms with E-state index < -0.39 is 0 Å². The highest BCUT2D eigenvalue weighted by atomic mass is 16.5. The Morgan fingerprint density at radius 2 is 2.00 bits per heavy atom. The van der Waals surface area contributed by atoms with Gasteiger partial charge in [-0.1, -0.05) is 0 Å². The van der Waals surface area contributed by atoms with E-state index in [1.165, 1.54) is 6.33 Å². The molecule has 0 spiro atoms. The van der Waals surface area contributed by atoms with Gasteiger partial charge in [0.1, 0.15) is 6.61 Å². The van der Waals surface area contributed by atoms with Crippen LogP contribution in [0, 0.1) is 0 Å². The SMILES string of the molecule is COc1cc2c(=O)[nH]cnc2cc1OCCN(C)c1ccncc1. The van der Waals surface area contributed by atoms with Crippen LogP contribution in [0.1, 0.15) is 0 Å². The summed E-state index contributed by atoms with van der Waals surface area (Å²) >= 11 is 0. The number of benzene rings is 1. The number of nitrogens with zero attached hydrogens (tertiary/aromatic N) is 3. The summed E-state index contributed by atoms with van der Waals surface area (Å²) in [5.74, 6) is 1.07. The van der Waals surface area contributed by atoms with E-state index in [0.29, 0.717) is 35.6 Å². The highest BCUT2D eigenvalue weighted by Crippen LogP contribution is 2.30. The molecule has 0 bridgehead atoms. The average Bonchev–Trinajstić information content (AvgIpc) is 2.62. The number of rotatable bonds is 6. The molecule has 3 aromatic rings. The van der Waals surface area contributed by atoms with Gasteiger partial charge in [-0.15, -0.1) is 0 Å². The molecule has 0 aliphatic heterocycles. The second kappa shape index (κ2) is 6.99. The monoisotopic (exact) mass is 326 g/mol. The normalized spacial score (nSPS) is 10.6. The molecule has 0 saturated heterocycles. The summed E-state index contributed by atoms with van der Waals surface area (Å²) in [5, 5.41) is 0.468. The quantitative estimate of drug-likeness (QED) is 0.744. The van der Waals surface area contributed by atoms with Crippen molar-refractivity contribution in [3.63, 3.8) is 0 Å². The summed E-state index contributed by atoms with van der Waals surface area (Å²) in [5.41, 5.74) is 1.42. The van der Waals surface area contributed by atoms with Crippen LogP contribution in [0.15, 0.2) is 47.8 Å². The van der Waals surface area contributed by atoms with Crippen molar-refractivity contribution in [2.75, 3.05) is 32.2 Å². The van der Waals surface area contributed by atoms with Crippen molar-refractivity contribution in [2.45, 2.75) is 0 Å². The molecule has 0 saturated carbocycles. The van der Waals surface area contributed by atoms with E-state index in [4.69, 9.17) is 9.47 Å². The lowest BCUT2D eigenvalue weighted by Gasteiger charge is -2.19. The van der Waals surface area contributed by atoms with Gasteiger partial charge in [0.15, 0.2) is 11.5 Å². The largest absolute Gasteiger partial charge is 0.493 e. The molecule has 0 aliphatic carbocycles. The van der Waals surface area contributed by atoms with Crippen molar-refractivity contribution in [3.05, 3.63) is 53.3 Å². The van der Waals surface area contributed by atoms with Gasteiger partial charge >= 0.3 is 0 Å². The van der Waals surface area contributed by atoms with E-state index in [1.54, 1.807) is 31.6 Å². The van der Waals surface area contributed by atoms with Gasteiger partial charge in [0.2, 0.25) is 0 Å². The molecule has 1 N–H and O–H groups in total. The van der Waals surface area contributed by atoms with E-state index in [0.717, 1.165) is 5.69 Å². The van der Waals surface area contributed by atoms with E-state index in [2.05, 4.69) is 19.9 Å². The van der Waals surface area contributed by atoms with E-state index in [1.807, 2.05) is 19.2 Å². The maximum atomic E-state index is 11.8. The number of H-pyrrole nitrogens is 1. The summed E-state index contributed by atoms with van der Waals surface area (Å²) in [4.78, 5) is 24.6. The Morgan fingerprint density at radius 3 is 2.75 bits per heavy atom. The van der Waals surface area contributed by atoms with Crippen molar-refractivity contribution >= 4 is 16.6 Å². The first-order chi connectivity index (χ1) is 11.7. The first-order valence-corrected chi connectivity index (χ1v) is 7.48. The van der Waals surface area contributed by atoms with Crippen LogP contribution in [0.5, 0.6) is 11.5 Å². The maximum Gasteiger partial charge on any atom is 0.258 e. The van der Waals surface area contributed by atoms with Gasteiger partial charge in [-0.05, 0) is 18.2 Å². The molecule has 7 heteroatoms. The Bertz CT molecular complexity index is 880. The second-order valence-electron chi connectivity index (χ2n) is 5.23. The molecule has 0 unspecified atom stereocenters. The Kier molecular flexibility index (Phi) is 4.60. The Balaban J connectivity index is 1.74. The van der Waals surface area contributed by atoms with E-state index >= 15 is 0 Å². The topological polar surface area (TPSA) is 80.3 Å². The van der Waals surface area contributed by atoms with Crippen LogP contribution in [0.25, 0.3) is 10.9 Å². The number of nitrogens with one attached hydrogen (secondary N) is 1. The van der Waals surface area contributed by atoms with Crippen LogP contribution < -0.4 is 19.9 Å². The number of hydrogen-bond donors (Lipinski definition) is 1. The zero-order valence-corrected chi connectivity index (χ0v) is 13.5. The first kappa shape index (κ1) is 15.8. The molecule has 0 radical (unpaired) electrons. The van der Waals surface area contributed by atoms with Crippen molar-refractivity contribution in [1.82, 2.24) is 15.0 Å². The van der Waals surface area contributed by atoms with Crippen LogP contribution in [0.4, 0.5) is 5.69 Å². The minimum atomic E-state index is -0.206. The zero-order chi connectivity index (χ0) is 16.9. The summed E-state index contributed by atoms with van der Waals surface area (Å²) in [6, 6.07) is 7.23. The van der Waals surface area contributed by atoms with E-state index in [9.17, 15) is 4.79 Å². The number of hydrogen-bond acceptors (Lipinski definition) is 6. The molecule has 0 aliphatic rings. The van der Waals surface area contributed by atoms with Gasteiger partial charge in [0.25, 0.3) is 5.56 Å². The molecule has 0 atom stereocenters. The van der Waals surface area contributed by atoms with Crippen molar-refractivity contribution in [2.24, 2.45) is 0 Å². The Morgan fingerprint density at radius 1 is 1.21 bits per heavy atom. The molecule has 2 aromatic heterocycles. The Hall–Kier alpha value is -3.09. The second-order valence-corrected chi connectivity index (χ2v) is 5.23. The third-order valence-electron chi connectivity index (χ3n) is 3.71. The lowest BCUT2D eigenvalue weighted by atomic mass is 10.2. The average molecular weight is 326 g/mol. The predicted molar refractivity (Wildman–Crippen MR) is 91.9 cm³/mol. The van der Waals surface area contributed by atoms with E-state index in [-0.39, 0.29) is 5.56 Å². The predicted octanol–water partition coefficient (Wildman–Crippen LogP) is 1.84. The fourth-order valence-electron chi connectivity index (χ4n) is 2.37. The molecule has 2 heterocycles. The maximum absolute atomic E-state index is 11.8. The number of anilines is 1. The molecule has 7 nitrogen and oxygen atoms in total. The van der Waals surface area contributed by atoms with Crippen LogP contribution in [0.2, 0.25) is 0 Å². The van der Waals surface area contributed by atoms with Gasteiger partial charge in [-0.2, -0.15) is 0 Å². The van der Waals surface area contributed by atoms with Crippen LogP contribution in [-0.4, -0.2) is 42.3 Å². The third kappa shape index (κ3) is 3.29. The van der Waals surface area contributed by atoms with Crippen molar-refractivity contribution < 1.29 is 9.47 Å². The molecule has 0 amide bonds. The highest BCUT2D eigenvalue weighted by Gasteiger charge is 2.10. The number of aromatic nitrogens is 3. The van der Waals surface area contributed by atoms with Crippen LogP contribution in [-0.2, 0) is 0 Å². The molecule has 1 aromatic carbocycles. The van der Waals surface area contributed by atoms with Gasteiger partial charge in [-0.25, -0.2) is 4.98 Å². The fourth-order valence-corrected chi connectivity index (χ4v) is 2.37. The molecule has 3 rings (SSSR count). The summed E-state index contributed by atoms with van der Waals surface area (Å²) in [6.45, 7) is 1.15. The van der Waals surface area contributed by atoms with Crippen LogP contribution >= 0.6 is 0 Å². The van der Waals surface area contributed by atoms with Crippen molar-refractivity contribution in [1.29, 1.82) is 0 Å². The lowest BCUT2D eigenvalue weighted by molar-refractivity contribution is 0.301. The number of fused-ring (bicyclic) bond motifs is 1. The third-order valence-corrected chi connectivity index (χ3v) is 3.71. The fraction of sp³-hybridized carbons (Fsp3) is 0.235. The summed E-state index contributed by atoms with van der Waals surface area (Å²) in [6.07, 6.45) is 4.88. The van der Waals surface area contributed by atoms with Gasteiger partial charge in [0, 0.05) is 31.2 Å². The highest BCUT2D eigenvalue weighted by molar-refractivity contribution is 5.81. The van der Waals surface area contributed by atoms with Crippen LogP contribution in [0.3, 0.4) is 0 Å².